The molecule has 0 bridgehead atoms. The molecule has 3 N–H and O–H groups in total. The lowest BCUT2D eigenvalue weighted by Crippen LogP contribution is -2.28. The highest BCUT2D eigenvalue weighted by Crippen LogP contribution is 2.24. The van der Waals surface area contributed by atoms with Gasteiger partial charge in [0.2, 0.25) is 0 Å². The number of fused-ring (bicyclic) bond motifs is 1. The van der Waals surface area contributed by atoms with Crippen LogP contribution in [0.15, 0.2) is 4.79 Å². The van der Waals surface area contributed by atoms with Gasteiger partial charge in [0.25, 0.3) is 0 Å². The van der Waals surface area contributed by atoms with Gasteiger partial charge in [0.1, 0.15) is 17.6 Å². The first-order chi connectivity index (χ1) is 8.66. The molecule has 0 amide bonds. The minimum absolute atomic E-state index is 0.172. The number of nitrogens with one attached hydrogen (secondary N) is 1. The number of hydrogen-bond acceptors (Lipinski definition) is 5. The Labute approximate surface area is 104 Å². The summed E-state index contributed by atoms with van der Waals surface area (Å²) >= 11 is 0. The number of imidazole rings is 1. The van der Waals surface area contributed by atoms with Gasteiger partial charge in [0.05, 0.1) is 5.72 Å². The first kappa shape index (κ1) is 11.3. The largest absolute Gasteiger partial charge is 0.383 e. The van der Waals surface area contributed by atoms with Crippen LogP contribution in [0.3, 0.4) is 0 Å². The van der Waals surface area contributed by atoms with Gasteiger partial charge < -0.3 is 10.5 Å². The molecule has 2 aromatic heterocycles. The number of ether oxygens (including phenoxy) is 1. The molecule has 18 heavy (non-hydrogen) atoms. The molecule has 0 saturated carbocycles. The highest BCUT2D eigenvalue weighted by molar-refractivity contribution is 6.30. The number of nitrogens with two attached hydrogens (primary N) is 1. The molecule has 1 unspecified atom stereocenters. The second-order valence-corrected chi connectivity index (χ2v) is 4.29. The number of nitrogen functional groups attached to an aromatic ring is 1. The molecule has 1 atom stereocenters. The Morgan fingerprint density at radius 1 is 1.44 bits per heavy atom. The summed E-state index contributed by atoms with van der Waals surface area (Å²) in [7, 11) is 5.86. The van der Waals surface area contributed by atoms with E-state index in [1.54, 1.807) is 4.57 Å². The van der Waals surface area contributed by atoms with E-state index in [0.717, 1.165) is 19.3 Å². The second kappa shape index (κ2) is 4.13. The number of aromatic amines is 1. The van der Waals surface area contributed by atoms with Gasteiger partial charge in [-0.15, -0.1) is 0 Å². The zero-order valence-electron chi connectivity index (χ0n) is 9.72. The zero-order valence-corrected chi connectivity index (χ0v) is 9.72. The fourth-order valence-corrected chi connectivity index (χ4v) is 2.24. The normalized spacial score (nSPS) is 20.3. The summed E-state index contributed by atoms with van der Waals surface area (Å²) < 4.78 is 7.28. The van der Waals surface area contributed by atoms with Crippen LogP contribution < -0.4 is 17.1 Å². The number of rotatable bonds is 1. The third-order valence-corrected chi connectivity index (χ3v) is 3.06. The summed E-state index contributed by atoms with van der Waals surface area (Å²) in [6, 6.07) is 0. The maximum atomic E-state index is 11.4. The Morgan fingerprint density at radius 3 is 3.00 bits per heavy atom. The second-order valence-electron chi connectivity index (χ2n) is 4.29. The first-order valence-corrected chi connectivity index (χ1v) is 5.81. The lowest BCUT2D eigenvalue weighted by Gasteiger charge is -2.25. The molecule has 92 valence electrons. The van der Waals surface area contributed by atoms with Crippen molar-refractivity contribution in [2.45, 2.75) is 25.5 Å². The Hall–Kier alpha value is -1.83. The smallest absolute Gasteiger partial charge is 0.348 e. The van der Waals surface area contributed by atoms with E-state index in [9.17, 15) is 4.79 Å². The van der Waals surface area contributed by atoms with Crippen molar-refractivity contribution < 1.29 is 4.74 Å². The van der Waals surface area contributed by atoms with Crippen molar-refractivity contribution in [3.63, 3.8) is 0 Å². The van der Waals surface area contributed by atoms with Gasteiger partial charge in [-0.1, -0.05) is 0 Å². The monoisotopic (exact) mass is 245 g/mol. The fourth-order valence-electron chi connectivity index (χ4n) is 2.24. The predicted molar refractivity (Wildman–Crippen MR) is 66.8 cm³/mol. The average molecular weight is 245 g/mol. The van der Waals surface area contributed by atoms with Gasteiger partial charge in [-0.25, -0.2) is 9.78 Å². The Morgan fingerprint density at radius 2 is 2.28 bits per heavy atom. The van der Waals surface area contributed by atoms with Gasteiger partial charge in [-0.3, -0.25) is 9.55 Å². The molecule has 1 aliphatic rings. The van der Waals surface area contributed by atoms with Crippen LogP contribution in [0.5, 0.6) is 0 Å². The summed E-state index contributed by atoms with van der Waals surface area (Å²) in [6.45, 7) is 0.669. The molecular weight excluding hydrogens is 233 g/mol. The van der Waals surface area contributed by atoms with Crippen molar-refractivity contribution in [3.05, 3.63) is 10.5 Å². The van der Waals surface area contributed by atoms with Crippen LogP contribution in [0.2, 0.25) is 0 Å². The summed E-state index contributed by atoms with van der Waals surface area (Å²) in [5, 5.41) is 0. The maximum Gasteiger partial charge on any atom is 0.348 e. The van der Waals surface area contributed by atoms with Crippen molar-refractivity contribution in [3.8, 4) is 0 Å². The van der Waals surface area contributed by atoms with Crippen molar-refractivity contribution in [1.82, 2.24) is 19.5 Å². The molecule has 3 heterocycles. The van der Waals surface area contributed by atoms with E-state index >= 15 is 0 Å². The molecule has 8 heteroatoms. The first-order valence-electron chi connectivity index (χ1n) is 5.81. The summed E-state index contributed by atoms with van der Waals surface area (Å²) in [4.78, 5) is 21.8. The van der Waals surface area contributed by atoms with Crippen LogP contribution in [0, 0.1) is 0 Å². The van der Waals surface area contributed by atoms with Crippen LogP contribution in [-0.4, -0.2) is 34.0 Å². The molecule has 1 aliphatic heterocycles. The minimum atomic E-state index is -0.517. The average Bonchev–Trinajstić information content (AvgIpc) is 2.67. The molecule has 2 aromatic rings. The number of aromatic nitrogens is 4. The number of nitrogens with zero attached hydrogens (tertiary/aromatic N) is 3. The molecule has 3 rings (SSSR count). The van der Waals surface area contributed by atoms with E-state index in [0.29, 0.717) is 17.8 Å². The molecule has 2 radical (unpaired) electrons. The Kier molecular flexibility index (Phi) is 2.59. The Balaban J connectivity index is 2.21. The number of anilines is 1. The van der Waals surface area contributed by atoms with Crippen molar-refractivity contribution in [1.29, 1.82) is 0 Å². The van der Waals surface area contributed by atoms with Crippen LogP contribution in [0.1, 0.15) is 25.5 Å². The van der Waals surface area contributed by atoms with Gasteiger partial charge in [-0.2, -0.15) is 4.98 Å². The van der Waals surface area contributed by atoms with Gasteiger partial charge in [-0.05, 0) is 19.3 Å². The van der Waals surface area contributed by atoms with E-state index in [1.165, 1.54) is 0 Å². The van der Waals surface area contributed by atoms with Crippen LogP contribution in [0.25, 0.3) is 11.2 Å². The third-order valence-electron chi connectivity index (χ3n) is 3.06. The van der Waals surface area contributed by atoms with Crippen LogP contribution in [0.4, 0.5) is 5.82 Å². The lowest BCUT2D eigenvalue weighted by atomic mass is 10.1. The van der Waals surface area contributed by atoms with Crippen LogP contribution >= 0.6 is 0 Å². The van der Waals surface area contributed by atoms with Crippen molar-refractivity contribution in [2.75, 3.05) is 12.3 Å². The number of H-pyrrole nitrogens is 1. The molecule has 0 aliphatic carbocycles. The molecular formula is C10H12BN5O2. The molecule has 0 spiro atoms. The minimum Gasteiger partial charge on any atom is -0.383 e. The number of hydrogen-bond donors (Lipinski definition) is 2. The van der Waals surface area contributed by atoms with Crippen LogP contribution in [-0.2, 0) is 4.74 Å². The van der Waals surface area contributed by atoms with E-state index in [4.69, 9.17) is 18.3 Å². The standard InChI is InChI=1S/C10H12BN5O2/c11-9-13-6-7(12)14-10(17)15-8(6)16(9)5-3-1-2-4-18-5/h5H,1-4H2,(H3,12,14,15,17). The van der Waals surface area contributed by atoms with Gasteiger partial charge in [0.15, 0.2) is 13.5 Å². The molecule has 1 fully saturated rings. The van der Waals surface area contributed by atoms with E-state index in [-0.39, 0.29) is 17.8 Å². The third kappa shape index (κ3) is 1.69. The molecule has 7 nitrogen and oxygen atoms in total. The quantitative estimate of drug-likeness (QED) is 0.640. The highest BCUT2D eigenvalue weighted by atomic mass is 16.5. The van der Waals surface area contributed by atoms with E-state index in [1.807, 2.05) is 0 Å². The van der Waals surface area contributed by atoms with Gasteiger partial charge >= 0.3 is 5.69 Å². The zero-order chi connectivity index (χ0) is 12.7. The fraction of sp³-hybridized carbons (Fsp3) is 0.500. The highest BCUT2D eigenvalue weighted by Gasteiger charge is 2.22. The lowest BCUT2D eigenvalue weighted by molar-refractivity contribution is -0.0279. The summed E-state index contributed by atoms with van der Waals surface area (Å²) in [6.07, 6.45) is 2.67. The van der Waals surface area contributed by atoms with Crippen molar-refractivity contribution in [2.24, 2.45) is 0 Å². The van der Waals surface area contributed by atoms with Crippen molar-refractivity contribution >= 4 is 30.6 Å². The predicted octanol–water partition coefficient (Wildman–Crippen LogP) is -0.805. The van der Waals surface area contributed by atoms with Gasteiger partial charge in [0, 0.05) is 6.61 Å². The molecule has 0 aromatic carbocycles. The Bertz CT molecular complexity index is 643. The van der Waals surface area contributed by atoms with E-state index < -0.39 is 5.69 Å². The summed E-state index contributed by atoms with van der Waals surface area (Å²) in [5.41, 5.74) is 6.22. The van der Waals surface area contributed by atoms with E-state index in [2.05, 4.69) is 15.0 Å². The SMILES string of the molecule is [B]c1nc2c(N)[nH]c(=O)nc2n1C1CCCCO1. The topological polar surface area (TPSA) is 98.8 Å². The molecule has 1 saturated heterocycles. The summed E-state index contributed by atoms with van der Waals surface area (Å²) in [5.74, 6) is 0.172. The maximum absolute atomic E-state index is 11.4.